The summed E-state index contributed by atoms with van der Waals surface area (Å²) in [5.74, 6) is -0.253. The van der Waals surface area contributed by atoms with Gasteiger partial charge in [-0.15, -0.1) is 0 Å². The number of aliphatic hydroxyl groups excluding tert-OH is 8. The lowest BCUT2D eigenvalue weighted by Crippen LogP contribution is -2.65. The SMILES string of the molecule is CC/C=C\C/C=C\C/C=C\C/C=C\CCCCCCCCCCCCCCCCCCCCCCC(=O)NC(COC1OC(CO)C(OC2OC(CO)C(O)C(O)C2O)C(O)C1O)C(O)/C=C/CC/C=C/CC/C=C/CCCCCCCCC. The van der Waals surface area contributed by atoms with Crippen LogP contribution in [0.2, 0.25) is 0 Å². The fraction of sp³-hybridized carbons (Fsp3) is 0.786. The molecule has 14 nitrogen and oxygen atoms in total. The lowest BCUT2D eigenvalue weighted by Gasteiger charge is -2.46. The van der Waals surface area contributed by atoms with E-state index in [-0.39, 0.29) is 18.9 Å². The minimum Gasteiger partial charge on any atom is -0.394 e. The van der Waals surface area contributed by atoms with Crippen molar-refractivity contribution >= 4 is 5.91 Å². The molecule has 14 heteroatoms. The second kappa shape index (κ2) is 54.3. The van der Waals surface area contributed by atoms with E-state index in [0.717, 1.165) is 70.6 Å². The standard InChI is InChI=1S/C70H123NO13/c1-3-5-7-9-11-13-15-17-19-21-22-23-24-25-26-27-28-29-30-31-32-33-34-35-36-38-40-42-44-46-48-50-52-54-62(75)71-58(59(74)53-51-49-47-45-43-41-39-37-20-18-16-14-12-10-8-6-4-2)57-81-69-67(80)65(78)68(61(56-73)83-69)84-70-66(79)64(77)63(76)60(55-72)82-70/h5,7,11,13,17,19-20,22-23,37,43,45,51,53,58-61,63-70,72-74,76-80H,3-4,6,8-10,12,14-16,18,21,24-36,38-42,44,46-50,52,54-57H2,1-2H3,(H,71,75)/b7-5-,13-11-,19-17-,23-22-,37-20+,45-43+,53-51+. The minimum atomic E-state index is -1.79. The molecule has 0 radical (unpaired) electrons. The van der Waals surface area contributed by atoms with Gasteiger partial charge in [-0.3, -0.25) is 4.79 Å². The van der Waals surface area contributed by atoms with Crippen LogP contribution >= 0.6 is 0 Å². The van der Waals surface area contributed by atoms with E-state index in [4.69, 9.17) is 18.9 Å². The smallest absolute Gasteiger partial charge is 0.220 e. The van der Waals surface area contributed by atoms with Crippen LogP contribution in [0, 0.1) is 0 Å². The van der Waals surface area contributed by atoms with Gasteiger partial charge in [-0.05, 0) is 83.5 Å². The average molecular weight is 1190 g/mol. The van der Waals surface area contributed by atoms with E-state index in [1.165, 1.54) is 154 Å². The number of carbonyl (C=O) groups is 1. The highest BCUT2D eigenvalue weighted by atomic mass is 16.7. The number of hydrogen-bond donors (Lipinski definition) is 9. The van der Waals surface area contributed by atoms with Crippen LogP contribution in [-0.2, 0) is 23.7 Å². The van der Waals surface area contributed by atoms with Crippen LogP contribution < -0.4 is 5.32 Å². The molecule has 0 aromatic carbocycles. The van der Waals surface area contributed by atoms with Gasteiger partial charge in [0.05, 0.1) is 32.0 Å². The van der Waals surface area contributed by atoms with Crippen LogP contribution in [-0.4, -0.2) is 140 Å². The summed E-state index contributed by atoms with van der Waals surface area (Å²) in [5.41, 5.74) is 0. The average Bonchev–Trinajstić information content (AvgIpc) is 3.17. The lowest BCUT2D eigenvalue weighted by molar-refractivity contribution is -0.359. The maximum Gasteiger partial charge on any atom is 0.220 e. The van der Waals surface area contributed by atoms with E-state index in [9.17, 15) is 45.6 Å². The molecular weight excluding hydrogens is 1060 g/mol. The molecule has 12 atom stereocenters. The number of amides is 1. The van der Waals surface area contributed by atoms with Crippen LogP contribution in [0.3, 0.4) is 0 Å². The molecular formula is C70H123NO13. The summed E-state index contributed by atoms with van der Waals surface area (Å²) >= 11 is 0. The third-order valence-electron chi connectivity index (χ3n) is 16.0. The summed E-state index contributed by atoms with van der Waals surface area (Å²) in [5, 5.41) is 87.2. The number of unbranched alkanes of at least 4 members (excludes halogenated alkanes) is 29. The third kappa shape index (κ3) is 38.4. The molecule has 0 spiro atoms. The van der Waals surface area contributed by atoms with E-state index in [0.29, 0.717) is 12.8 Å². The Morgan fingerprint density at radius 2 is 0.833 bits per heavy atom. The fourth-order valence-electron chi connectivity index (χ4n) is 10.7. The molecule has 1 amide bonds. The second-order valence-electron chi connectivity index (χ2n) is 23.5. The maximum atomic E-state index is 13.3. The molecule has 12 unspecified atom stereocenters. The first kappa shape index (κ1) is 77.3. The van der Waals surface area contributed by atoms with Crippen molar-refractivity contribution in [1.82, 2.24) is 5.32 Å². The zero-order chi connectivity index (χ0) is 60.9. The van der Waals surface area contributed by atoms with Gasteiger partial charge in [0.15, 0.2) is 12.6 Å². The van der Waals surface area contributed by atoms with Crippen LogP contribution in [0.15, 0.2) is 85.1 Å². The van der Waals surface area contributed by atoms with E-state index in [1.807, 2.05) is 6.08 Å². The van der Waals surface area contributed by atoms with Crippen LogP contribution in [0.4, 0.5) is 0 Å². The Morgan fingerprint density at radius 3 is 1.31 bits per heavy atom. The fourth-order valence-corrected chi connectivity index (χ4v) is 10.7. The van der Waals surface area contributed by atoms with Crippen molar-refractivity contribution in [2.75, 3.05) is 19.8 Å². The van der Waals surface area contributed by atoms with E-state index in [1.54, 1.807) is 6.08 Å². The Bertz CT molecular complexity index is 1730. The molecule has 0 aromatic rings. The van der Waals surface area contributed by atoms with Crippen molar-refractivity contribution in [3.05, 3.63) is 85.1 Å². The quantitative estimate of drug-likeness (QED) is 0.0204. The summed E-state index contributed by atoms with van der Waals surface area (Å²) < 4.78 is 22.8. The van der Waals surface area contributed by atoms with E-state index >= 15 is 0 Å². The zero-order valence-electron chi connectivity index (χ0n) is 52.6. The number of nitrogens with one attached hydrogen (secondary N) is 1. The van der Waals surface area contributed by atoms with Gasteiger partial charge in [-0.2, -0.15) is 0 Å². The van der Waals surface area contributed by atoms with Gasteiger partial charge in [0.25, 0.3) is 0 Å². The molecule has 0 aliphatic carbocycles. The minimum absolute atomic E-state index is 0.253. The molecule has 486 valence electrons. The number of allylic oxidation sites excluding steroid dienone is 13. The van der Waals surface area contributed by atoms with Crippen molar-refractivity contribution in [2.24, 2.45) is 0 Å². The van der Waals surface area contributed by atoms with Crippen molar-refractivity contribution in [1.29, 1.82) is 0 Å². The molecule has 0 aromatic heterocycles. The highest BCUT2D eigenvalue weighted by Gasteiger charge is 2.51. The normalized spacial score (nSPS) is 24.2. The molecule has 9 N–H and O–H groups in total. The Balaban J connectivity index is 1.65. The van der Waals surface area contributed by atoms with Gasteiger partial charge in [0, 0.05) is 6.42 Å². The van der Waals surface area contributed by atoms with E-state index < -0.39 is 86.8 Å². The number of rotatable bonds is 54. The summed E-state index contributed by atoms with van der Waals surface area (Å²) in [6.07, 6.45) is 57.9. The molecule has 2 aliphatic rings. The molecule has 2 saturated heterocycles. The topological polar surface area (TPSA) is 228 Å². The third-order valence-corrected chi connectivity index (χ3v) is 16.0. The number of hydrogen-bond acceptors (Lipinski definition) is 13. The van der Waals surface area contributed by atoms with Crippen molar-refractivity contribution in [2.45, 2.75) is 331 Å². The highest BCUT2D eigenvalue weighted by Crippen LogP contribution is 2.30. The predicted molar refractivity (Wildman–Crippen MR) is 341 cm³/mol. The molecule has 2 fully saturated rings. The largest absolute Gasteiger partial charge is 0.394 e. The van der Waals surface area contributed by atoms with Crippen molar-refractivity contribution in [3.63, 3.8) is 0 Å². The Kier molecular flexibility index (Phi) is 50.0. The summed E-state index contributed by atoms with van der Waals surface area (Å²) in [4.78, 5) is 13.3. The second-order valence-corrected chi connectivity index (χ2v) is 23.5. The Hall–Kier alpha value is -2.83. The van der Waals surface area contributed by atoms with Crippen LogP contribution in [0.5, 0.6) is 0 Å². The van der Waals surface area contributed by atoms with Crippen LogP contribution in [0.25, 0.3) is 0 Å². The molecule has 2 aliphatic heterocycles. The monoisotopic (exact) mass is 1190 g/mol. The summed E-state index contributed by atoms with van der Waals surface area (Å²) in [6, 6.07) is -0.940. The summed E-state index contributed by atoms with van der Waals surface area (Å²) in [6.45, 7) is 2.66. The molecule has 0 saturated carbocycles. The first-order chi connectivity index (χ1) is 41.1. The van der Waals surface area contributed by atoms with Gasteiger partial charge in [-0.1, -0.05) is 253 Å². The maximum absolute atomic E-state index is 13.3. The van der Waals surface area contributed by atoms with Gasteiger partial charge in [-0.25, -0.2) is 0 Å². The Morgan fingerprint density at radius 1 is 0.440 bits per heavy atom. The number of ether oxygens (including phenoxy) is 4. The summed E-state index contributed by atoms with van der Waals surface area (Å²) in [7, 11) is 0. The zero-order valence-corrected chi connectivity index (χ0v) is 52.6. The first-order valence-electron chi connectivity index (χ1n) is 33.8. The number of aliphatic hydroxyl groups is 8. The van der Waals surface area contributed by atoms with Gasteiger partial charge >= 0.3 is 0 Å². The number of carbonyl (C=O) groups excluding carboxylic acids is 1. The first-order valence-corrected chi connectivity index (χ1v) is 33.8. The van der Waals surface area contributed by atoms with Gasteiger partial charge in [0.2, 0.25) is 5.91 Å². The van der Waals surface area contributed by atoms with Crippen molar-refractivity contribution in [3.8, 4) is 0 Å². The highest BCUT2D eigenvalue weighted by molar-refractivity contribution is 5.76. The van der Waals surface area contributed by atoms with Crippen molar-refractivity contribution < 1.29 is 64.6 Å². The predicted octanol–water partition coefficient (Wildman–Crippen LogP) is 13.2. The lowest BCUT2D eigenvalue weighted by atomic mass is 9.97. The molecule has 2 heterocycles. The van der Waals surface area contributed by atoms with Gasteiger partial charge in [0.1, 0.15) is 48.8 Å². The molecule has 2 rings (SSSR count). The molecule has 84 heavy (non-hydrogen) atoms. The molecule has 0 bridgehead atoms. The Labute approximate surface area is 510 Å². The van der Waals surface area contributed by atoms with Crippen LogP contribution in [0.1, 0.15) is 258 Å². The van der Waals surface area contributed by atoms with Gasteiger partial charge < -0.3 is 65.1 Å². The van der Waals surface area contributed by atoms with E-state index in [2.05, 4.69) is 92.1 Å².